The number of primary amides is 2. The molecule has 17 heavy (non-hydrogen) atoms. The molecule has 0 radical (unpaired) electrons. The Morgan fingerprint density at radius 1 is 1.24 bits per heavy atom. The molecule has 0 bridgehead atoms. The summed E-state index contributed by atoms with van der Waals surface area (Å²) in [4.78, 5) is 34.5. The van der Waals surface area contributed by atoms with Crippen molar-refractivity contribution in [2.24, 2.45) is 11.5 Å². The van der Waals surface area contributed by atoms with Crippen LogP contribution in [-0.2, 0) is 9.59 Å². The van der Waals surface area contributed by atoms with Crippen LogP contribution in [0.1, 0.15) is 10.4 Å². The molecule has 8 heteroatoms. The summed E-state index contributed by atoms with van der Waals surface area (Å²) in [5, 5.41) is 1.61. The van der Waals surface area contributed by atoms with E-state index in [0.29, 0.717) is 5.56 Å². The number of rotatable bonds is 5. The van der Waals surface area contributed by atoms with Crippen LogP contribution in [-0.4, -0.2) is 35.7 Å². The van der Waals surface area contributed by atoms with E-state index in [4.69, 9.17) is 11.5 Å². The fourth-order valence-corrected chi connectivity index (χ4v) is 2.31. The molecule has 0 aliphatic heterocycles. The van der Waals surface area contributed by atoms with Gasteiger partial charge in [-0.3, -0.25) is 14.4 Å². The van der Waals surface area contributed by atoms with E-state index in [2.05, 4.69) is 15.9 Å². The molecule has 4 N–H and O–H groups in total. The zero-order valence-corrected chi connectivity index (χ0v) is 11.1. The van der Waals surface area contributed by atoms with Gasteiger partial charge < -0.3 is 16.4 Å². The Morgan fingerprint density at radius 3 is 2.12 bits per heavy atom. The fraction of sp³-hybridized carbons (Fsp3) is 0.222. The highest BCUT2D eigenvalue weighted by Gasteiger charge is 2.20. The SMILES string of the molecule is NC(=O)CN(CC(N)=O)C(=O)c1csc(Br)c1. The second-order valence-electron chi connectivity index (χ2n) is 3.23. The second kappa shape index (κ2) is 5.78. The summed E-state index contributed by atoms with van der Waals surface area (Å²) < 4.78 is 0.777. The second-order valence-corrected chi connectivity index (χ2v) is 5.52. The van der Waals surface area contributed by atoms with Gasteiger partial charge >= 0.3 is 0 Å². The minimum Gasteiger partial charge on any atom is -0.368 e. The molecule has 0 aliphatic carbocycles. The van der Waals surface area contributed by atoms with Gasteiger partial charge in [0.15, 0.2) is 0 Å². The molecule has 0 spiro atoms. The van der Waals surface area contributed by atoms with Crippen LogP contribution in [0.4, 0.5) is 0 Å². The quantitative estimate of drug-likeness (QED) is 0.792. The zero-order valence-electron chi connectivity index (χ0n) is 8.68. The van der Waals surface area contributed by atoms with E-state index in [9.17, 15) is 14.4 Å². The lowest BCUT2D eigenvalue weighted by molar-refractivity contribution is -0.121. The average Bonchev–Trinajstić information content (AvgIpc) is 2.61. The number of thiophene rings is 1. The summed E-state index contributed by atoms with van der Waals surface area (Å²) in [6.45, 7) is -0.676. The fourth-order valence-electron chi connectivity index (χ4n) is 1.18. The van der Waals surface area contributed by atoms with Crippen LogP contribution in [0.3, 0.4) is 0 Å². The smallest absolute Gasteiger partial charge is 0.255 e. The molecule has 1 rings (SSSR count). The summed E-state index contributed by atoms with van der Waals surface area (Å²) >= 11 is 4.54. The highest BCUT2D eigenvalue weighted by Crippen LogP contribution is 2.21. The number of amides is 3. The van der Waals surface area contributed by atoms with Crippen molar-refractivity contribution in [3.05, 3.63) is 20.8 Å². The van der Waals surface area contributed by atoms with Crippen molar-refractivity contribution in [3.63, 3.8) is 0 Å². The third-order valence-corrected chi connectivity index (χ3v) is 3.30. The van der Waals surface area contributed by atoms with Crippen LogP contribution in [0, 0.1) is 0 Å². The first-order valence-electron chi connectivity index (χ1n) is 4.50. The average molecular weight is 320 g/mol. The molecule has 0 aliphatic rings. The highest BCUT2D eigenvalue weighted by atomic mass is 79.9. The van der Waals surface area contributed by atoms with Crippen molar-refractivity contribution in [2.45, 2.75) is 0 Å². The van der Waals surface area contributed by atoms with Crippen LogP contribution in [0.15, 0.2) is 15.2 Å². The molecule has 1 aromatic heterocycles. The molecular formula is C9H10BrN3O3S. The van der Waals surface area contributed by atoms with Crippen molar-refractivity contribution in [3.8, 4) is 0 Å². The maximum Gasteiger partial charge on any atom is 0.255 e. The number of carbonyl (C=O) groups excluding carboxylic acids is 3. The van der Waals surface area contributed by atoms with Gasteiger partial charge in [0.2, 0.25) is 11.8 Å². The molecule has 0 saturated carbocycles. The van der Waals surface area contributed by atoms with Crippen LogP contribution >= 0.6 is 27.3 Å². The predicted molar refractivity (Wildman–Crippen MR) is 66.3 cm³/mol. The molecule has 92 valence electrons. The van der Waals surface area contributed by atoms with Gasteiger partial charge in [-0.25, -0.2) is 0 Å². The summed E-state index contributed by atoms with van der Waals surface area (Å²) in [5.41, 5.74) is 10.4. The summed E-state index contributed by atoms with van der Waals surface area (Å²) in [6.07, 6.45) is 0. The number of halogens is 1. The van der Waals surface area contributed by atoms with Crippen molar-refractivity contribution < 1.29 is 14.4 Å². The third kappa shape index (κ3) is 4.16. The third-order valence-electron chi connectivity index (χ3n) is 1.80. The summed E-state index contributed by atoms with van der Waals surface area (Å²) in [7, 11) is 0. The van der Waals surface area contributed by atoms with Gasteiger partial charge in [-0.1, -0.05) is 0 Å². The highest BCUT2D eigenvalue weighted by molar-refractivity contribution is 9.11. The Hall–Kier alpha value is -1.41. The van der Waals surface area contributed by atoms with Gasteiger partial charge in [-0.05, 0) is 22.0 Å². The van der Waals surface area contributed by atoms with E-state index in [1.54, 1.807) is 11.4 Å². The Bertz CT molecular complexity index is 444. The zero-order chi connectivity index (χ0) is 13.0. The molecule has 3 amide bonds. The van der Waals surface area contributed by atoms with E-state index >= 15 is 0 Å². The predicted octanol–water partition coefficient (Wildman–Crippen LogP) is -0.0766. The molecule has 1 aromatic rings. The van der Waals surface area contributed by atoms with Gasteiger partial charge in [0, 0.05) is 5.38 Å². The van der Waals surface area contributed by atoms with E-state index < -0.39 is 17.7 Å². The Morgan fingerprint density at radius 2 is 1.76 bits per heavy atom. The molecule has 0 fully saturated rings. The van der Waals surface area contributed by atoms with Crippen molar-refractivity contribution >= 4 is 45.0 Å². The number of hydrogen-bond donors (Lipinski definition) is 2. The van der Waals surface area contributed by atoms with E-state index in [1.165, 1.54) is 11.3 Å². The van der Waals surface area contributed by atoms with Crippen LogP contribution in [0.2, 0.25) is 0 Å². The summed E-state index contributed by atoms with van der Waals surface area (Å²) in [5.74, 6) is -1.85. The maximum absolute atomic E-state index is 11.9. The first kappa shape index (κ1) is 13.7. The molecular weight excluding hydrogens is 310 g/mol. The van der Waals surface area contributed by atoms with Crippen LogP contribution in [0.5, 0.6) is 0 Å². The monoisotopic (exact) mass is 319 g/mol. The summed E-state index contributed by atoms with van der Waals surface area (Å²) in [6, 6.07) is 1.60. The number of nitrogens with zero attached hydrogens (tertiary/aromatic N) is 1. The maximum atomic E-state index is 11.9. The lowest BCUT2D eigenvalue weighted by Crippen LogP contribution is -2.43. The van der Waals surface area contributed by atoms with E-state index in [0.717, 1.165) is 8.69 Å². The van der Waals surface area contributed by atoms with Gasteiger partial charge in [0.05, 0.1) is 9.35 Å². The molecule has 0 unspecified atom stereocenters. The number of carbonyl (C=O) groups is 3. The topological polar surface area (TPSA) is 106 Å². The van der Waals surface area contributed by atoms with Gasteiger partial charge in [0.25, 0.3) is 5.91 Å². The van der Waals surface area contributed by atoms with Gasteiger partial charge in [-0.15, -0.1) is 11.3 Å². The number of hydrogen-bond acceptors (Lipinski definition) is 4. The largest absolute Gasteiger partial charge is 0.368 e. The van der Waals surface area contributed by atoms with Gasteiger partial charge in [0.1, 0.15) is 13.1 Å². The normalized spacial score (nSPS) is 9.94. The first-order valence-corrected chi connectivity index (χ1v) is 6.17. The number of nitrogens with two attached hydrogens (primary N) is 2. The lowest BCUT2D eigenvalue weighted by Gasteiger charge is -2.18. The van der Waals surface area contributed by atoms with E-state index in [1.807, 2.05) is 0 Å². The Balaban J connectivity index is 2.85. The molecule has 0 aromatic carbocycles. The van der Waals surface area contributed by atoms with Crippen molar-refractivity contribution in [2.75, 3.05) is 13.1 Å². The Kier molecular flexibility index (Phi) is 4.64. The van der Waals surface area contributed by atoms with Crippen molar-refractivity contribution in [1.82, 2.24) is 4.90 Å². The lowest BCUT2D eigenvalue weighted by atomic mass is 10.3. The van der Waals surface area contributed by atoms with E-state index in [-0.39, 0.29) is 13.1 Å². The van der Waals surface area contributed by atoms with Crippen LogP contribution < -0.4 is 11.5 Å². The Labute approximate surface area is 110 Å². The minimum absolute atomic E-state index is 0.338. The molecule has 1 heterocycles. The van der Waals surface area contributed by atoms with Crippen molar-refractivity contribution in [1.29, 1.82) is 0 Å². The minimum atomic E-state index is -0.700. The molecule has 0 saturated heterocycles. The van der Waals surface area contributed by atoms with Gasteiger partial charge in [-0.2, -0.15) is 0 Å². The standard InChI is InChI=1S/C9H10BrN3O3S/c10-6-1-5(4-17-6)9(16)13(2-7(11)14)3-8(12)15/h1,4H,2-3H2,(H2,11,14)(H2,12,15). The first-order chi connectivity index (χ1) is 7.90. The molecule has 0 atom stereocenters. The van der Waals surface area contributed by atoms with Crippen LogP contribution in [0.25, 0.3) is 0 Å². The molecule has 6 nitrogen and oxygen atoms in total.